The van der Waals surface area contributed by atoms with E-state index in [9.17, 15) is 9.59 Å². The molecule has 3 aromatic carbocycles. The molecule has 1 fully saturated rings. The van der Waals surface area contributed by atoms with E-state index in [-0.39, 0.29) is 17.9 Å². The summed E-state index contributed by atoms with van der Waals surface area (Å²) in [5, 5.41) is 3.32. The monoisotopic (exact) mass is 528 g/mol. The Kier molecular flexibility index (Phi) is 10.9. The van der Waals surface area contributed by atoms with Crippen molar-refractivity contribution in [3.8, 4) is 0 Å². The largest absolute Gasteiger partial charge is 0.352 e. The van der Waals surface area contributed by atoms with Gasteiger partial charge in [0, 0.05) is 36.9 Å². The van der Waals surface area contributed by atoms with Gasteiger partial charge < -0.3 is 10.2 Å². The van der Waals surface area contributed by atoms with Crippen LogP contribution in [0.4, 0.5) is 0 Å². The van der Waals surface area contributed by atoms with Crippen molar-refractivity contribution in [2.75, 3.05) is 5.75 Å². The fourth-order valence-corrected chi connectivity index (χ4v) is 6.06. The van der Waals surface area contributed by atoms with Gasteiger partial charge in [0.25, 0.3) is 0 Å². The average molecular weight is 529 g/mol. The molecule has 1 saturated carbocycles. The Hall–Kier alpha value is -3.05. The Morgan fingerprint density at radius 2 is 1.53 bits per heavy atom. The van der Waals surface area contributed by atoms with E-state index < -0.39 is 6.04 Å². The van der Waals surface area contributed by atoms with E-state index in [4.69, 9.17) is 0 Å². The van der Waals surface area contributed by atoms with Crippen LogP contribution in [0.5, 0.6) is 0 Å². The number of benzene rings is 3. The van der Waals surface area contributed by atoms with E-state index in [0.717, 1.165) is 53.9 Å². The lowest BCUT2D eigenvalue weighted by Gasteiger charge is -2.33. The highest BCUT2D eigenvalue weighted by molar-refractivity contribution is 7.98. The van der Waals surface area contributed by atoms with Crippen LogP contribution in [0, 0.1) is 6.92 Å². The van der Waals surface area contributed by atoms with Crippen LogP contribution in [0.3, 0.4) is 0 Å². The predicted octanol–water partition coefficient (Wildman–Crippen LogP) is 6.71. The first-order chi connectivity index (χ1) is 18.6. The second-order valence-corrected chi connectivity index (χ2v) is 11.5. The maximum Gasteiger partial charge on any atom is 0.243 e. The number of nitrogens with zero attached hydrogens (tertiary/aromatic N) is 1. The molecule has 1 aliphatic rings. The van der Waals surface area contributed by atoms with Gasteiger partial charge in [-0.05, 0) is 36.5 Å². The van der Waals surface area contributed by atoms with Crippen LogP contribution in [-0.4, -0.2) is 34.6 Å². The first kappa shape index (κ1) is 28.0. The minimum Gasteiger partial charge on any atom is -0.352 e. The Bertz CT molecular complexity index is 1150. The van der Waals surface area contributed by atoms with Crippen molar-refractivity contribution in [1.82, 2.24) is 10.2 Å². The van der Waals surface area contributed by atoms with Gasteiger partial charge in [-0.15, -0.1) is 0 Å². The molecule has 1 aliphatic carbocycles. The zero-order valence-corrected chi connectivity index (χ0v) is 23.3. The molecule has 1 N–H and O–H groups in total. The van der Waals surface area contributed by atoms with Gasteiger partial charge in [-0.25, -0.2) is 0 Å². The SMILES string of the molecule is Cc1cccc(CN(C(=O)CCSCc2ccccc2)[C@@H](Cc2ccccc2)C(=O)NC2CCCCC2)c1. The van der Waals surface area contributed by atoms with Crippen LogP contribution >= 0.6 is 11.8 Å². The number of rotatable bonds is 12. The number of aryl methyl sites for hydroxylation is 1. The number of hydrogen-bond acceptors (Lipinski definition) is 3. The smallest absolute Gasteiger partial charge is 0.243 e. The van der Waals surface area contributed by atoms with Crippen molar-refractivity contribution in [2.45, 2.75) is 76.3 Å². The minimum atomic E-state index is -0.550. The van der Waals surface area contributed by atoms with Crippen molar-refractivity contribution in [3.05, 3.63) is 107 Å². The fraction of sp³-hybridized carbons (Fsp3) is 0.394. The van der Waals surface area contributed by atoms with Gasteiger partial charge in [-0.1, -0.05) is 110 Å². The minimum absolute atomic E-state index is 0.0290. The van der Waals surface area contributed by atoms with Gasteiger partial charge in [0.05, 0.1) is 0 Å². The molecule has 4 nitrogen and oxygen atoms in total. The van der Waals surface area contributed by atoms with Gasteiger partial charge in [0.1, 0.15) is 6.04 Å². The molecule has 0 bridgehead atoms. The lowest BCUT2D eigenvalue weighted by Crippen LogP contribution is -2.53. The number of thioether (sulfide) groups is 1. The quantitative estimate of drug-likeness (QED) is 0.266. The first-order valence-corrected chi connectivity index (χ1v) is 15.0. The van der Waals surface area contributed by atoms with Crippen molar-refractivity contribution >= 4 is 23.6 Å². The molecule has 200 valence electrons. The number of carbonyl (C=O) groups is 2. The number of hydrogen-bond donors (Lipinski definition) is 1. The third-order valence-corrected chi connectivity index (χ3v) is 8.26. The van der Waals surface area contributed by atoms with Crippen molar-refractivity contribution < 1.29 is 9.59 Å². The molecule has 3 aromatic rings. The van der Waals surface area contributed by atoms with E-state index in [1.54, 1.807) is 11.8 Å². The molecule has 38 heavy (non-hydrogen) atoms. The first-order valence-electron chi connectivity index (χ1n) is 13.9. The van der Waals surface area contributed by atoms with E-state index in [1.807, 2.05) is 59.5 Å². The summed E-state index contributed by atoms with van der Waals surface area (Å²) >= 11 is 1.77. The molecule has 2 amide bonds. The van der Waals surface area contributed by atoms with E-state index in [1.165, 1.54) is 12.0 Å². The van der Waals surface area contributed by atoms with Crippen LogP contribution in [0.1, 0.15) is 60.8 Å². The second kappa shape index (κ2) is 14.8. The fourth-order valence-electron chi connectivity index (χ4n) is 5.17. The molecule has 0 aliphatic heterocycles. The standard InChI is InChI=1S/C33H40N2O2S/c1-26-12-11-17-29(22-26)24-35(32(36)20-21-38-25-28-15-7-3-8-16-28)31(23-27-13-5-2-6-14-27)33(37)34-30-18-9-4-10-19-30/h2-3,5-8,11-17,22,30-31H,4,9-10,18-21,23-25H2,1H3,(H,34,37)/t31-/m0/s1. The Balaban J connectivity index is 1.52. The molecular weight excluding hydrogens is 488 g/mol. The maximum atomic E-state index is 13.8. The van der Waals surface area contributed by atoms with Crippen LogP contribution in [0.15, 0.2) is 84.9 Å². The van der Waals surface area contributed by atoms with Gasteiger partial charge in [-0.3, -0.25) is 9.59 Å². The summed E-state index contributed by atoms with van der Waals surface area (Å²) in [5.41, 5.74) is 4.53. The summed E-state index contributed by atoms with van der Waals surface area (Å²) in [6.45, 7) is 2.49. The third kappa shape index (κ3) is 8.76. The molecule has 0 heterocycles. The highest BCUT2D eigenvalue weighted by Gasteiger charge is 2.31. The number of carbonyl (C=O) groups excluding carboxylic acids is 2. The van der Waals surface area contributed by atoms with Crippen LogP contribution in [0.25, 0.3) is 0 Å². The summed E-state index contributed by atoms with van der Waals surface area (Å²) in [4.78, 5) is 29.5. The van der Waals surface area contributed by atoms with E-state index in [0.29, 0.717) is 19.4 Å². The van der Waals surface area contributed by atoms with Gasteiger partial charge in [0.2, 0.25) is 11.8 Å². The highest BCUT2D eigenvalue weighted by atomic mass is 32.2. The summed E-state index contributed by atoms with van der Waals surface area (Å²) in [6.07, 6.45) is 6.49. The highest BCUT2D eigenvalue weighted by Crippen LogP contribution is 2.21. The van der Waals surface area contributed by atoms with Gasteiger partial charge >= 0.3 is 0 Å². The lowest BCUT2D eigenvalue weighted by molar-refractivity contribution is -0.141. The Labute approximate surface area is 232 Å². The molecule has 1 atom stereocenters. The Morgan fingerprint density at radius 3 is 2.21 bits per heavy atom. The van der Waals surface area contributed by atoms with Crippen LogP contribution < -0.4 is 5.32 Å². The summed E-state index contributed by atoms with van der Waals surface area (Å²) in [6, 6.07) is 28.3. The topological polar surface area (TPSA) is 49.4 Å². The normalized spacial score (nSPS) is 14.6. The zero-order valence-electron chi connectivity index (χ0n) is 22.5. The average Bonchev–Trinajstić information content (AvgIpc) is 2.94. The number of amides is 2. The number of nitrogens with one attached hydrogen (secondary N) is 1. The molecule has 0 saturated heterocycles. The summed E-state index contributed by atoms with van der Waals surface area (Å²) in [7, 11) is 0. The predicted molar refractivity (Wildman–Crippen MR) is 158 cm³/mol. The second-order valence-electron chi connectivity index (χ2n) is 10.3. The molecule has 0 aromatic heterocycles. The van der Waals surface area contributed by atoms with E-state index in [2.05, 4.69) is 42.6 Å². The summed E-state index contributed by atoms with van der Waals surface area (Å²) < 4.78 is 0. The van der Waals surface area contributed by atoms with Crippen molar-refractivity contribution in [2.24, 2.45) is 0 Å². The summed E-state index contributed by atoms with van der Waals surface area (Å²) in [5.74, 6) is 1.60. The lowest BCUT2D eigenvalue weighted by atomic mass is 9.94. The Morgan fingerprint density at radius 1 is 0.868 bits per heavy atom. The molecule has 5 heteroatoms. The van der Waals surface area contributed by atoms with Crippen molar-refractivity contribution in [3.63, 3.8) is 0 Å². The molecule has 4 rings (SSSR count). The van der Waals surface area contributed by atoms with E-state index >= 15 is 0 Å². The van der Waals surface area contributed by atoms with Crippen molar-refractivity contribution in [1.29, 1.82) is 0 Å². The third-order valence-electron chi connectivity index (χ3n) is 7.23. The maximum absolute atomic E-state index is 13.8. The molecular formula is C33H40N2O2S. The van der Waals surface area contributed by atoms with Crippen LogP contribution in [0.2, 0.25) is 0 Å². The van der Waals surface area contributed by atoms with Gasteiger partial charge in [0.15, 0.2) is 0 Å². The molecule has 0 radical (unpaired) electrons. The molecule has 0 unspecified atom stereocenters. The van der Waals surface area contributed by atoms with Gasteiger partial charge in [-0.2, -0.15) is 11.8 Å². The molecule has 0 spiro atoms. The zero-order chi connectivity index (χ0) is 26.6. The van der Waals surface area contributed by atoms with Crippen LogP contribution in [-0.2, 0) is 28.3 Å².